The van der Waals surface area contributed by atoms with Crippen LogP contribution < -0.4 is 4.74 Å². The lowest BCUT2D eigenvalue weighted by molar-refractivity contribution is -0.386. The van der Waals surface area contributed by atoms with Gasteiger partial charge in [-0.15, -0.1) is 0 Å². The van der Waals surface area contributed by atoms with E-state index in [4.69, 9.17) is 9.84 Å². The third kappa shape index (κ3) is 2.56. The average molecular weight is 274 g/mol. The molecule has 2 rings (SSSR count). The summed E-state index contributed by atoms with van der Waals surface area (Å²) >= 11 is 0. The van der Waals surface area contributed by atoms with E-state index in [-0.39, 0.29) is 22.9 Å². The van der Waals surface area contributed by atoms with Crippen molar-refractivity contribution >= 4 is 11.7 Å². The topological polar surface area (TPSA) is 103 Å². The molecular formula is C13H10N2O5. The maximum atomic E-state index is 11.1. The largest absolute Gasteiger partial charge is 0.478 e. The van der Waals surface area contributed by atoms with Crippen molar-refractivity contribution in [2.75, 3.05) is 0 Å². The lowest BCUT2D eigenvalue weighted by Crippen LogP contribution is -2.02. The molecular weight excluding hydrogens is 264 g/mol. The first-order chi connectivity index (χ1) is 9.50. The summed E-state index contributed by atoms with van der Waals surface area (Å²) in [5.74, 6) is -1.42. The van der Waals surface area contributed by atoms with Gasteiger partial charge in [0.05, 0.1) is 4.92 Å². The monoisotopic (exact) mass is 274 g/mol. The van der Waals surface area contributed by atoms with Gasteiger partial charge in [0.1, 0.15) is 11.3 Å². The van der Waals surface area contributed by atoms with Crippen molar-refractivity contribution in [2.24, 2.45) is 0 Å². The second kappa shape index (κ2) is 5.35. The number of pyridine rings is 1. The molecule has 0 atom stereocenters. The van der Waals surface area contributed by atoms with Crippen LogP contribution in [-0.2, 0) is 0 Å². The summed E-state index contributed by atoms with van der Waals surface area (Å²) in [6, 6.07) is 7.35. The number of hydrogen-bond acceptors (Lipinski definition) is 5. The number of benzene rings is 1. The minimum absolute atomic E-state index is 0.00111. The molecule has 7 nitrogen and oxygen atoms in total. The highest BCUT2D eigenvalue weighted by Gasteiger charge is 2.22. The zero-order valence-electron chi connectivity index (χ0n) is 10.4. The van der Waals surface area contributed by atoms with E-state index in [2.05, 4.69) is 4.98 Å². The molecule has 0 aliphatic heterocycles. The number of para-hydroxylation sites is 1. The minimum atomic E-state index is -1.18. The van der Waals surface area contributed by atoms with Crippen molar-refractivity contribution in [1.82, 2.24) is 4.98 Å². The van der Waals surface area contributed by atoms with Gasteiger partial charge in [-0.05, 0) is 25.1 Å². The number of aromatic carboxylic acids is 1. The van der Waals surface area contributed by atoms with Gasteiger partial charge in [-0.3, -0.25) is 10.1 Å². The molecule has 1 aromatic heterocycles. The molecule has 7 heteroatoms. The molecule has 0 fully saturated rings. The molecule has 0 amide bonds. The average Bonchev–Trinajstić information content (AvgIpc) is 2.38. The zero-order valence-corrected chi connectivity index (χ0v) is 10.4. The van der Waals surface area contributed by atoms with Crippen LogP contribution in [0.25, 0.3) is 0 Å². The van der Waals surface area contributed by atoms with E-state index in [0.29, 0.717) is 5.56 Å². The van der Waals surface area contributed by atoms with Crippen molar-refractivity contribution < 1.29 is 19.6 Å². The van der Waals surface area contributed by atoms with Crippen LogP contribution in [0.15, 0.2) is 36.5 Å². The summed E-state index contributed by atoms with van der Waals surface area (Å²) in [6.07, 6.45) is 1.36. The van der Waals surface area contributed by atoms with Crippen LogP contribution in [0.1, 0.15) is 15.9 Å². The number of nitrogens with zero attached hydrogens (tertiary/aromatic N) is 2. The maximum absolute atomic E-state index is 11.1. The number of hydrogen-bond donors (Lipinski definition) is 1. The van der Waals surface area contributed by atoms with Crippen LogP contribution in [0.4, 0.5) is 5.69 Å². The number of carbonyl (C=O) groups is 1. The van der Waals surface area contributed by atoms with E-state index in [1.54, 1.807) is 13.0 Å². The lowest BCUT2D eigenvalue weighted by Gasteiger charge is -2.08. The number of rotatable bonds is 4. The van der Waals surface area contributed by atoms with Crippen molar-refractivity contribution in [3.05, 3.63) is 57.8 Å². The fraction of sp³-hybridized carbons (Fsp3) is 0.0769. The van der Waals surface area contributed by atoms with Gasteiger partial charge in [-0.25, -0.2) is 9.78 Å². The van der Waals surface area contributed by atoms with Gasteiger partial charge in [0.15, 0.2) is 0 Å². The van der Waals surface area contributed by atoms with Gasteiger partial charge < -0.3 is 9.84 Å². The summed E-state index contributed by atoms with van der Waals surface area (Å²) in [4.78, 5) is 25.3. The number of carboxylic acids is 1. The second-order valence-electron chi connectivity index (χ2n) is 3.94. The van der Waals surface area contributed by atoms with E-state index < -0.39 is 10.9 Å². The summed E-state index contributed by atoms with van der Waals surface area (Å²) in [6.45, 7) is 1.55. The minimum Gasteiger partial charge on any atom is -0.478 e. The summed E-state index contributed by atoms with van der Waals surface area (Å²) in [5.41, 5.74) is 0.00519. The summed E-state index contributed by atoms with van der Waals surface area (Å²) in [5, 5.41) is 20.1. The zero-order chi connectivity index (χ0) is 14.7. The SMILES string of the molecule is Cc1ccnc(Oc2ccccc2C(=O)O)c1[N+](=O)[O-]. The van der Waals surface area contributed by atoms with Gasteiger partial charge in [0, 0.05) is 11.8 Å². The van der Waals surface area contributed by atoms with Crippen molar-refractivity contribution in [3.63, 3.8) is 0 Å². The second-order valence-corrected chi connectivity index (χ2v) is 3.94. The van der Waals surface area contributed by atoms with E-state index in [0.717, 1.165) is 0 Å². The van der Waals surface area contributed by atoms with Crippen LogP contribution in [0.3, 0.4) is 0 Å². The first-order valence-electron chi connectivity index (χ1n) is 5.61. The molecule has 1 N–H and O–H groups in total. The fourth-order valence-corrected chi connectivity index (χ4v) is 1.66. The molecule has 0 radical (unpaired) electrons. The number of ether oxygens (including phenoxy) is 1. The maximum Gasteiger partial charge on any atom is 0.339 e. The van der Waals surface area contributed by atoms with Gasteiger partial charge >= 0.3 is 11.7 Å². The quantitative estimate of drug-likeness (QED) is 0.679. The fourth-order valence-electron chi connectivity index (χ4n) is 1.66. The predicted octanol–water partition coefficient (Wildman–Crippen LogP) is 2.79. The van der Waals surface area contributed by atoms with E-state index >= 15 is 0 Å². The Morgan fingerprint density at radius 2 is 2.05 bits per heavy atom. The smallest absolute Gasteiger partial charge is 0.339 e. The Morgan fingerprint density at radius 3 is 2.70 bits per heavy atom. The summed E-state index contributed by atoms with van der Waals surface area (Å²) in [7, 11) is 0. The Morgan fingerprint density at radius 1 is 1.35 bits per heavy atom. The Hall–Kier alpha value is -2.96. The normalized spacial score (nSPS) is 10.1. The lowest BCUT2D eigenvalue weighted by atomic mass is 10.2. The number of carboxylic acid groups (broad SMARTS) is 1. The highest BCUT2D eigenvalue weighted by molar-refractivity contribution is 5.90. The molecule has 2 aromatic rings. The molecule has 1 aromatic carbocycles. The molecule has 1 heterocycles. The number of nitro groups is 1. The Bertz CT molecular complexity index is 684. The Kier molecular flexibility index (Phi) is 3.60. The molecule has 0 saturated heterocycles. The summed E-state index contributed by atoms with van der Waals surface area (Å²) < 4.78 is 5.31. The van der Waals surface area contributed by atoms with Crippen molar-refractivity contribution in [2.45, 2.75) is 6.92 Å². The van der Waals surface area contributed by atoms with Crippen LogP contribution in [0, 0.1) is 17.0 Å². The third-order valence-corrected chi connectivity index (χ3v) is 2.60. The van der Waals surface area contributed by atoms with Gasteiger partial charge in [-0.1, -0.05) is 12.1 Å². The molecule has 102 valence electrons. The standard InChI is InChI=1S/C13H10N2O5/c1-8-6-7-14-12(11(8)15(18)19)20-10-5-3-2-4-9(10)13(16)17/h2-7H,1H3,(H,16,17). The van der Waals surface area contributed by atoms with Crippen LogP contribution in [-0.4, -0.2) is 21.0 Å². The predicted molar refractivity (Wildman–Crippen MR) is 69.1 cm³/mol. The molecule has 0 bridgehead atoms. The number of aromatic nitrogens is 1. The van der Waals surface area contributed by atoms with Crippen LogP contribution >= 0.6 is 0 Å². The van der Waals surface area contributed by atoms with Crippen LogP contribution in [0.5, 0.6) is 11.6 Å². The van der Waals surface area contributed by atoms with E-state index in [1.165, 1.54) is 30.5 Å². The third-order valence-electron chi connectivity index (χ3n) is 2.60. The molecule has 0 unspecified atom stereocenters. The first-order valence-corrected chi connectivity index (χ1v) is 5.61. The molecule has 0 aliphatic carbocycles. The van der Waals surface area contributed by atoms with Crippen molar-refractivity contribution in [1.29, 1.82) is 0 Å². The Balaban J connectivity index is 2.49. The molecule has 20 heavy (non-hydrogen) atoms. The number of aryl methyl sites for hydroxylation is 1. The van der Waals surface area contributed by atoms with Crippen LogP contribution in [0.2, 0.25) is 0 Å². The van der Waals surface area contributed by atoms with Gasteiger partial charge in [0.25, 0.3) is 5.88 Å². The van der Waals surface area contributed by atoms with E-state index in [1.807, 2.05) is 0 Å². The molecule has 0 saturated carbocycles. The Labute approximate surface area is 113 Å². The first kappa shape index (κ1) is 13.5. The highest BCUT2D eigenvalue weighted by Crippen LogP contribution is 2.32. The van der Waals surface area contributed by atoms with E-state index in [9.17, 15) is 14.9 Å². The van der Waals surface area contributed by atoms with Gasteiger partial charge in [-0.2, -0.15) is 0 Å². The van der Waals surface area contributed by atoms with Crippen molar-refractivity contribution in [3.8, 4) is 11.6 Å². The van der Waals surface area contributed by atoms with Gasteiger partial charge in [0.2, 0.25) is 0 Å². The molecule has 0 aliphatic rings. The molecule has 0 spiro atoms. The highest BCUT2D eigenvalue weighted by atomic mass is 16.6.